The molecule has 0 spiro atoms. The molecule has 1 N–H and O–H groups in total. The molecular formula is C17H25NO. The van der Waals surface area contributed by atoms with Crippen LogP contribution in [-0.2, 0) is 6.42 Å². The normalized spacial score (nSPS) is 11.8. The average molecular weight is 259 g/mol. The fourth-order valence-corrected chi connectivity index (χ4v) is 1.95. The molecule has 1 unspecified atom stereocenters. The highest BCUT2D eigenvalue weighted by Gasteiger charge is 2.01. The van der Waals surface area contributed by atoms with Crippen LogP contribution in [0.15, 0.2) is 24.3 Å². The van der Waals surface area contributed by atoms with E-state index in [1.165, 1.54) is 5.56 Å². The minimum Gasteiger partial charge on any atom is -0.494 e. The van der Waals surface area contributed by atoms with Gasteiger partial charge in [0, 0.05) is 12.5 Å². The lowest BCUT2D eigenvalue weighted by Crippen LogP contribution is -2.25. The second-order valence-corrected chi connectivity index (χ2v) is 4.80. The van der Waals surface area contributed by atoms with Crippen LogP contribution < -0.4 is 10.1 Å². The lowest BCUT2D eigenvalue weighted by Gasteiger charge is -2.12. The first-order valence-electron chi connectivity index (χ1n) is 7.14. The van der Waals surface area contributed by atoms with Gasteiger partial charge in [-0.15, -0.1) is 12.3 Å². The number of nitrogens with one attached hydrogen (secondary N) is 1. The number of unbranched alkanes of at least 4 members (excludes halogenated alkanes) is 1. The van der Waals surface area contributed by atoms with E-state index in [1.807, 2.05) is 12.1 Å². The molecule has 0 saturated carbocycles. The minimum atomic E-state index is 0.574. The summed E-state index contributed by atoms with van der Waals surface area (Å²) >= 11 is 0. The lowest BCUT2D eigenvalue weighted by molar-refractivity contribution is 0.313. The van der Waals surface area contributed by atoms with Crippen LogP contribution in [0.25, 0.3) is 0 Å². The van der Waals surface area contributed by atoms with E-state index in [1.54, 1.807) is 0 Å². The van der Waals surface area contributed by atoms with Crippen molar-refractivity contribution >= 4 is 0 Å². The first-order valence-corrected chi connectivity index (χ1v) is 7.14. The summed E-state index contributed by atoms with van der Waals surface area (Å²) in [5.41, 5.74) is 1.36. The van der Waals surface area contributed by atoms with Crippen molar-refractivity contribution in [1.29, 1.82) is 0 Å². The zero-order valence-electron chi connectivity index (χ0n) is 12.1. The molecule has 0 radical (unpaired) electrons. The average Bonchev–Trinajstić information content (AvgIpc) is 2.43. The maximum atomic E-state index is 5.62. The number of aryl methyl sites for hydroxylation is 1. The summed E-state index contributed by atoms with van der Waals surface area (Å²) in [6.07, 6.45) is 9.16. The molecule has 1 aromatic rings. The van der Waals surface area contributed by atoms with Crippen molar-refractivity contribution in [3.05, 3.63) is 29.8 Å². The van der Waals surface area contributed by atoms with Crippen molar-refractivity contribution in [2.24, 2.45) is 0 Å². The monoisotopic (exact) mass is 259 g/mol. The highest BCUT2D eigenvalue weighted by atomic mass is 16.5. The van der Waals surface area contributed by atoms with Gasteiger partial charge in [-0.25, -0.2) is 0 Å². The van der Waals surface area contributed by atoms with Crippen molar-refractivity contribution in [3.63, 3.8) is 0 Å². The van der Waals surface area contributed by atoms with Gasteiger partial charge in [-0.3, -0.25) is 0 Å². The van der Waals surface area contributed by atoms with Gasteiger partial charge in [0.15, 0.2) is 0 Å². The van der Waals surface area contributed by atoms with Gasteiger partial charge in [0.05, 0.1) is 6.61 Å². The molecule has 104 valence electrons. The van der Waals surface area contributed by atoms with Gasteiger partial charge < -0.3 is 10.1 Å². The third-order valence-electron chi connectivity index (χ3n) is 3.08. The molecule has 0 heterocycles. The third kappa shape index (κ3) is 6.88. The topological polar surface area (TPSA) is 21.3 Å². The minimum absolute atomic E-state index is 0.574. The predicted octanol–water partition coefficient (Wildman–Crippen LogP) is 3.41. The van der Waals surface area contributed by atoms with E-state index >= 15 is 0 Å². The highest BCUT2D eigenvalue weighted by Crippen LogP contribution is 2.14. The number of ether oxygens (including phenoxy) is 1. The van der Waals surface area contributed by atoms with Crippen molar-refractivity contribution < 1.29 is 4.74 Å². The van der Waals surface area contributed by atoms with E-state index in [-0.39, 0.29) is 0 Å². The van der Waals surface area contributed by atoms with E-state index < -0.39 is 0 Å². The number of hydrogen-bond donors (Lipinski definition) is 1. The Morgan fingerprint density at radius 3 is 2.68 bits per heavy atom. The zero-order chi connectivity index (χ0) is 13.9. The second kappa shape index (κ2) is 9.47. The lowest BCUT2D eigenvalue weighted by atomic mass is 10.1. The van der Waals surface area contributed by atoms with E-state index in [9.17, 15) is 0 Å². The molecule has 2 heteroatoms. The Hall–Kier alpha value is -1.46. The standard InChI is InChI=1S/C17H25NO/c1-4-6-7-14-19-17-12-10-16(11-13-17)9-8-15(3)18-5-2/h1,10-13,15,18H,5-9,14H2,2-3H3. The molecule has 0 aliphatic carbocycles. The smallest absolute Gasteiger partial charge is 0.119 e. The Balaban J connectivity index is 2.29. The molecular weight excluding hydrogens is 234 g/mol. The third-order valence-corrected chi connectivity index (χ3v) is 3.08. The molecule has 1 aromatic carbocycles. The Kier molecular flexibility index (Phi) is 7.77. The first-order chi connectivity index (χ1) is 9.26. The number of terminal acetylenes is 1. The molecule has 0 aliphatic rings. The van der Waals surface area contributed by atoms with Crippen molar-refractivity contribution in [2.45, 2.75) is 45.6 Å². The molecule has 2 nitrogen and oxygen atoms in total. The van der Waals surface area contributed by atoms with E-state index in [0.29, 0.717) is 12.6 Å². The summed E-state index contributed by atoms with van der Waals surface area (Å²) in [7, 11) is 0. The quantitative estimate of drug-likeness (QED) is 0.542. The van der Waals surface area contributed by atoms with Crippen LogP contribution in [0.1, 0.15) is 38.7 Å². The van der Waals surface area contributed by atoms with E-state index in [2.05, 4.69) is 37.2 Å². The summed E-state index contributed by atoms with van der Waals surface area (Å²) in [5.74, 6) is 3.55. The number of rotatable bonds is 9. The summed E-state index contributed by atoms with van der Waals surface area (Å²) in [4.78, 5) is 0. The molecule has 0 aromatic heterocycles. The fraction of sp³-hybridized carbons (Fsp3) is 0.529. The summed E-state index contributed by atoms with van der Waals surface area (Å²) in [6, 6.07) is 8.96. The Morgan fingerprint density at radius 1 is 1.32 bits per heavy atom. The van der Waals surface area contributed by atoms with Crippen LogP contribution in [0.4, 0.5) is 0 Å². The fourth-order valence-electron chi connectivity index (χ4n) is 1.95. The van der Waals surface area contributed by atoms with Gasteiger partial charge in [0.1, 0.15) is 5.75 Å². The first kappa shape index (κ1) is 15.6. The van der Waals surface area contributed by atoms with Crippen molar-refractivity contribution in [3.8, 4) is 18.1 Å². The molecule has 1 rings (SSSR count). The van der Waals surface area contributed by atoms with E-state index in [0.717, 1.165) is 38.0 Å². The largest absolute Gasteiger partial charge is 0.494 e. The van der Waals surface area contributed by atoms with Crippen LogP contribution in [0.5, 0.6) is 5.75 Å². The van der Waals surface area contributed by atoms with Gasteiger partial charge in [-0.1, -0.05) is 19.1 Å². The number of hydrogen-bond acceptors (Lipinski definition) is 2. The summed E-state index contributed by atoms with van der Waals surface area (Å²) in [6.45, 7) is 6.10. The molecule has 0 aliphatic heterocycles. The van der Waals surface area contributed by atoms with Crippen molar-refractivity contribution in [1.82, 2.24) is 5.32 Å². The van der Waals surface area contributed by atoms with E-state index in [4.69, 9.17) is 11.2 Å². The van der Waals surface area contributed by atoms with Crippen LogP contribution in [0.2, 0.25) is 0 Å². The molecule has 0 bridgehead atoms. The molecule has 19 heavy (non-hydrogen) atoms. The van der Waals surface area contributed by atoms with Crippen LogP contribution >= 0.6 is 0 Å². The van der Waals surface area contributed by atoms with Gasteiger partial charge in [-0.2, -0.15) is 0 Å². The molecule has 0 amide bonds. The van der Waals surface area contributed by atoms with Crippen molar-refractivity contribution in [2.75, 3.05) is 13.2 Å². The maximum absolute atomic E-state index is 5.62. The van der Waals surface area contributed by atoms with Gasteiger partial charge in [0.25, 0.3) is 0 Å². The molecule has 1 atom stereocenters. The van der Waals surface area contributed by atoms with Crippen LogP contribution in [0, 0.1) is 12.3 Å². The van der Waals surface area contributed by atoms with Crippen LogP contribution in [-0.4, -0.2) is 19.2 Å². The summed E-state index contributed by atoms with van der Waals surface area (Å²) in [5, 5.41) is 3.43. The second-order valence-electron chi connectivity index (χ2n) is 4.80. The maximum Gasteiger partial charge on any atom is 0.119 e. The van der Waals surface area contributed by atoms with Gasteiger partial charge >= 0.3 is 0 Å². The Labute approximate surface area is 117 Å². The highest BCUT2D eigenvalue weighted by molar-refractivity contribution is 5.27. The number of benzene rings is 1. The summed E-state index contributed by atoms with van der Waals surface area (Å²) < 4.78 is 5.62. The SMILES string of the molecule is C#CCCCOc1ccc(CCC(C)NCC)cc1. The predicted molar refractivity (Wildman–Crippen MR) is 81.5 cm³/mol. The van der Waals surface area contributed by atoms with Crippen LogP contribution in [0.3, 0.4) is 0 Å². The zero-order valence-corrected chi connectivity index (χ0v) is 12.1. The molecule has 0 fully saturated rings. The Bertz CT molecular complexity index is 377. The van der Waals surface area contributed by atoms with Gasteiger partial charge in [0.2, 0.25) is 0 Å². The van der Waals surface area contributed by atoms with Gasteiger partial charge in [-0.05, 0) is 50.4 Å². The molecule has 0 saturated heterocycles. The Morgan fingerprint density at radius 2 is 2.05 bits per heavy atom.